The highest BCUT2D eigenvalue weighted by Gasteiger charge is 2.33. The fourth-order valence-electron chi connectivity index (χ4n) is 9.70. The second-order valence-corrected chi connectivity index (χ2v) is 25.2. The van der Waals surface area contributed by atoms with E-state index in [2.05, 4.69) is 33.3 Å². The molecular formula is C56H72N6O11S2. The Hall–Kier alpha value is -5.86. The fraction of sp³-hybridized carbons (Fsp3) is 0.500. The van der Waals surface area contributed by atoms with Crippen molar-refractivity contribution in [3.8, 4) is 12.0 Å². The molecule has 404 valence electrons. The van der Waals surface area contributed by atoms with E-state index in [4.69, 9.17) is 30.4 Å². The van der Waals surface area contributed by atoms with Crippen LogP contribution in [0.25, 0.3) is 22.1 Å². The number of carbonyl (C=O) groups is 2. The molecule has 4 fully saturated rings. The van der Waals surface area contributed by atoms with Crippen LogP contribution < -0.4 is 20.5 Å². The lowest BCUT2D eigenvalue weighted by Crippen LogP contribution is -2.30. The third kappa shape index (κ3) is 13.6. The van der Waals surface area contributed by atoms with Crippen molar-refractivity contribution in [2.45, 2.75) is 151 Å². The lowest BCUT2D eigenvalue weighted by atomic mass is 9.89. The molecule has 19 heteroatoms. The van der Waals surface area contributed by atoms with Crippen LogP contribution in [0.1, 0.15) is 161 Å². The molecule has 0 unspecified atom stereocenters. The predicted molar refractivity (Wildman–Crippen MR) is 287 cm³/mol. The first-order valence-corrected chi connectivity index (χ1v) is 29.8. The first-order valence-electron chi connectivity index (χ1n) is 26.5. The van der Waals surface area contributed by atoms with Gasteiger partial charge in [-0.05, 0) is 161 Å². The number of carboxylic acids is 1. The van der Waals surface area contributed by atoms with Crippen molar-refractivity contribution in [1.82, 2.24) is 24.4 Å². The van der Waals surface area contributed by atoms with Gasteiger partial charge in [0, 0.05) is 17.6 Å². The number of hydrogen-bond donors (Lipinski definition) is 5. The number of aliphatic hydroxyl groups excluding tert-OH is 2. The van der Waals surface area contributed by atoms with Crippen molar-refractivity contribution < 1.29 is 51.2 Å². The van der Waals surface area contributed by atoms with Crippen LogP contribution in [0.3, 0.4) is 0 Å². The number of hydrogen-bond acceptors (Lipinski definition) is 13. The minimum atomic E-state index is -3.32. The lowest BCUT2D eigenvalue weighted by Gasteiger charge is -2.26. The number of aromatic carboxylic acids is 1. The van der Waals surface area contributed by atoms with Crippen LogP contribution >= 0.6 is 0 Å². The molecule has 2 heterocycles. The van der Waals surface area contributed by atoms with Crippen molar-refractivity contribution in [3.63, 3.8) is 0 Å². The average molecular weight is 1070 g/mol. The summed E-state index contributed by atoms with van der Waals surface area (Å²) >= 11 is 0. The van der Waals surface area contributed by atoms with Crippen LogP contribution in [0.4, 0.5) is 0 Å². The third-order valence-corrected chi connectivity index (χ3v) is 18.4. The molecule has 17 nitrogen and oxygen atoms in total. The molecule has 2 aromatic heterocycles. The van der Waals surface area contributed by atoms with E-state index in [9.17, 15) is 31.5 Å². The maximum absolute atomic E-state index is 13.1. The summed E-state index contributed by atoms with van der Waals surface area (Å²) in [6.45, 7) is 7.30. The summed E-state index contributed by atoms with van der Waals surface area (Å²) in [4.78, 5) is 34.2. The molecule has 75 heavy (non-hydrogen) atoms. The zero-order valence-electron chi connectivity index (χ0n) is 43.3. The highest BCUT2D eigenvalue weighted by atomic mass is 32.2. The Morgan fingerprint density at radius 1 is 0.613 bits per heavy atom. The molecule has 0 aliphatic heterocycles. The molecule has 0 spiro atoms. The lowest BCUT2D eigenvalue weighted by molar-refractivity contribution is 0.0696. The van der Waals surface area contributed by atoms with E-state index in [1.165, 1.54) is 49.9 Å². The predicted octanol–water partition coefficient (Wildman–Crippen LogP) is 9.08. The van der Waals surface area contributed by atoms with E-state index < -0.39 is 37.7 Å². The van der Waals surface area contributed by atoms with Gasteiger partial charge in [0.15, 0.2) is 19.7 Å². The molecule has 4 aliphatic rings. The number of ether oxygens (including phenoxy) is 2. The highest BCUT2D eigenvalue weighted by Crippen LogP contribution is 2.43. The highest BCUT2D eigenvalue weighted by molar-refractivity contribution is 7.91. The Morgan fingerprint density at radius 2 is 1.03 bits per heavy atom. The third-order valence-electron chi connectivity index (χ3n) is 14.9. The van der Waals surface area contributed by atoms with Gasteiger partial charge in [-0.1, -0.05) is 52.0 Å². The van der Waals surface area contributed by atoms with E-state index in [0.29, 0.717) is 45.6 Å². The smallest absolute Gasteiger partial charge is 0.335 e. The van der Waals surface area contributed by atoms with Crippen molar-refractivity contribution in [2.75, 3.05) is 24.7 Å². The first kappa shape index (κ1) is 55.4. The second-order valence-electron chi connectivity index (χ2n) is 20.6. The number of nitrogens with one attached hydrogen (secondary N) is 1. The number of benzene rings is 4. The Morgan fingerprint density at radius 3 is 1.41 bits per heavy atom. The molecule has 2 atom stereocenters. The van der Waals surface area contributed by atoms with Gasteiger partial charge in [0.05, 0.1) is 74.2 Å². The van der Waals surface area contributed by atoms with E-state index >= 15 is 0 Å². The molecule has 10 rings (SSSR count). The maximum Gasteiger partial charge on any atom is 0.335 e. The summed E-state index contributed by atoms with van der Waals surface area (Å²) in [5.41, 5.74) is 11.0. The topological polar surface area (TPSA) is 255 Å². The largest absolute Gasteiger partial charge is 0.478 e. The van der Waals surface area contributed by atoms with Gasteiger partial charge in [-0.3, -0.25) is 13.9 Å². The number of nitrogens with zero attached hydrogens (tertiary/aromatic N) is 4. The molecule has 0 bridgehead atoms. The maximum atomic E-state index is 13.1. The minimum Gasteiger partial charge on any atom is -0.478 e. The molecule has 4 aromatic carbocycles. The van der Waals surface area contributed by atoms with Gasteiger partial charge in [-0.25, -0.2) is 21.6 Å². The summed E-state index contributed by atoms with van der Waals surface area (Å²) in [6, 6.07) is 24.2. The summed E-state index contributed by atoms with van der Waals surface area (Å²) < 4.78 is 64.1. The first-order chi connectivity index (χ1) is 35.9. The van der Waals surface area contributed by atoms with E-state index in [-0.39, 0.29) is 53.3 Å². The van der Waals surface area contributed by atoms with Crippen molar-refractivity contribution >= 4 is 53.6 Å². The molecular weight excluding hydrogens is 997 g/mol. The van der Waals surface area contributed by atoms with Crippen LogP contribution in [0.2, 0.25) is 0 Å². The van der Waals surface area contributed by atoms with Gasteiger partial charge in [0.2, 0.25) is 0 Å². The fourth-order valence-corrected chi connectivity index (χ4v) is 11.5. The Bertz CT molecular complexity index is 3150. The minimum absolute atomic E-state index is 0.0120. The normalized spacial score (nSPS) is 20.7. The number of carbonyl (C=O) groups excluding carboxylic acids is 1. The summed E-state index contributed by atoms with van der Waals surface area (Å²) in [5, 5.41) is 30.8. The number of aromatic nitrogens is 4. The van der Waals surface area contributed by atoms with Gasteiger partial charge in [-0.2, -0.15) is 9.97 Å². The number of carboxylic acid groups (broad SMARTS) is 1. The van der Waals surface area contributed by atoms with Gasteiger partial charge in [0.1, 0.15) is 12.2 Å². The van der Waals surface area contributed by atoms with Gasteiger partial charge >= 0.3 is 5.97 Å². The zero-order chi connectivity index (χ0) is 53.6. The molecule has 6 aromatic rings. The van der Waals surface area contributed by atoms with Crippen LogP contribution in [-0.2, 0) is 19.7 Å². The number of rotatable bonds is 17. The van der Waals surface area contributed by atoms with E-state index in [1.807, 2.05) is 12.1 Å². The number of aliphatic hydroxyl groups is 2. The average Bonchev–Trinajstić information content (AvgIpc) is 4.38. The number of amides is 1. The second kappa shape index (κ2) is 24.0. The van der Waals surface area contributed by atoms with Crippen molar-refractivity contribution in [3.05, 3.63) is 107 Å². The van der Waals surface area contributed by atoms with E-state index in [1.54, 1.807) is 62.4 Å². The Labute approximate surface area is 439 Å². The van der Waals surface area contributed by atoms with Crippen LogP contribution in [0.15, 0.2) is 94.7 Å². The quantitative estimate of drug-likeness (QED) is 0.0571. The van der Waals surface area contributed by atoms with Crippen LogP contribution in [0.5, 0.6) is 12.0 Å². The number of sulfone groups is 2. The standard InChI is InChI=1S/C28H35N3O5S.C18H22N2O3.C10H15NO3S/c1-3-37(34,35)23-13-6-19(7-14-23)25(17-32)29-27(33)20-8-15-26-24(16-20)30-28(31(26)21-9-10-21)36-22-11-4-18(2)5-12-22;1-11-2-7-14(8-3-11)23-18-19-15-10-12(17(21)22)4-9-16(15)20(18)13-5-6-13;1-2-15(13,14)9-5-3-8(4-6-9)10(11)7-12/h6-8,13-16,18,21-22,25,32H,3-5,9-12,17H2,1-2H3,(H,29,33);4,9-11,13-14H,2-3,5-8H2,1H3,(H,21,22);3-6,10,12H,2,7,11H2,1H3/t18?,22?,25-;;10-/m0.0/s1. The molecule has 0 radical (unpaired) electrons. The number of fused-ring (bicyclic) bond motifs is 2. The molecule has 4 saturated carbocycles. The van der Waals surface area contributed by atoms with E-state index in [0.717, 1.165) is 85.3 Å². The summed E-state index contributed by atoms with van der Waals surface area (Å²) in [5.74, 6) is 0.368. The zero-order valence-corrected chi connectivity index (χ0v) is 44.9. The Kier molecular flexibility index (Phi) is 17.7. The van der Waals surface area contributed by atoms with Crippen LogP contribution in [-0.4, -0.2) is 100 Å². The SMILES string of the molecule is CC1CCC(Oc2nc3cc(C(=O)O)ccc3n2C2CC2)CC1.CCS(=O)(=O)c1ccc([C@@H](N)CO)cc1.CCS(=O)(=O)c1ccc([C@H](CO)NC(=O)c2ccc3c(c2)nc(OC2CCC(C)CC2)n3C2CC2)cc1. The Balaban J connectivity index is 0.000000167. The van der Waals surface area contributed by atoms with Gasteiger partial charge in [-0.15, -0.1) is 0 Å². The molecule has 4 aliphatic carbocycles. The summed E-state index contributed by atoms with van der Waals surface area (Å²) in [7, 11) is -6.47. The molecule has 0 saturated heterocycles. The van der Waals surface area contributed by atoms with Gasteiger partial charge < -0.3 is 35.8 Å². The van der Waals surface area contributed by atoms with Crippen molar-refractivity contribution in [2.24, 2.45) is 17.6 Å². The monoisotopic (exact) mass is 1070 g/mol. The van der Waals surface area contributed by atoms with Crippen molar-refractivity contribution in [1.29, 1.82) is 0 Å². The molecule has 1 amide bonds. The van der Waals surface area contributed by atoms with Crippen LogP contribution in [0, 0.1) is 11.8 Å². The molecule has 6 N–H and O–H groups in total. The summed E-state index contributed by atoms with van der Waals surface area (Å²) in [6.07, 6.45) is 13.9. The number of nitrogens with two attached hydrogens (primary N) is 1. The number of imidazole rings is 2. The van der Waals surface area contributed by atoms with Gasteiger partial charge in [0.25, 0.3) is 17.9 Å².